The van der Waals surface area contributed by atoms with Crippen LogP contribution < -0.4 is 5.32 Å². The second-order valence-electron chi connectivity index (χ2n) is 9.55. The van der Waals surface area contributed by atoms with Crippen LogP contribution in [0.25, 0.3) is 11.3 Å². The average molecular weight is 556 g/mol. The highest BCUT2D eigenvalue weighted by Crippen LogP contribution is 2.26. The third kappa shape index (κ3) is 5.87. The molecule has 2 heterocycles. The Labute approximate surface area is 219 Å². The number of nitrogens with one attached hydrogen (secondary N) is 1. The van der Waals surface area contributed by atoms with Gasteiger partial charge in [0.15, 0.2) is 0 Å². The minimum Gasteiger partial charge on any atom is -0.464 e. The Hall–Kier alpha value is -2.97. The van der Waals surface area contributed by atoms with Gasteiger partial charge in [-0.2, -0.15) is 0 Å². The van der Waals surface area contributed by atoms with E-state index in [1.165, 1.54) is 6.07 Å². The summed E-state index contributed by atoms with van der Waals surface area (Å²) in [7, 11) is 0. The molecule has 36 heavy (non-hydrogen) atoms. The van der Waals surface area contributed by atoms with Crippen molar-refractivity contribution in [1.29, 1.82) is 0 Å². The molecule has 0 radical (unpaired) electrons. The summed E-state index contributed by atoms with van der Waals surface area (Å²) in [5.41, 5.74) is 2.44. The van der Waals surface area contributed by atoms with E-state index in [-0.39, 0.29) is 29.6 Å². The van der Waals surface area contributed by atoms with Gasteiger partial charge < -0.3 is 14.6 Å². The molecule has 6 nitrogen and oxygen atoms in total. The molecular weight excluding hydrogens is 525 g/mol. The first kappa shape index (κ1) is 26.1. The molecule has 2 amide bonds. The van der Waals surface area contributed by atoms with Crippen LogP contribution in [0.15, 0.2) is 69.8 Å². The van der Waals surface area contributed by atoms with E-state index in [0.717, 1.165) is 16.9 Å². The average Bonchev–Trinajstić information content (AvgIpc) is 3.39. The highest BCUT2D eigenvalue weighted by molar-refractivity contribution is 9.10. The fourth-order valence-electron chi connectivity index (χ4n) is 4.63. The van der Waals surface area contributed by atoms with E-state index >= 15 is 0 Å². The van der Waals surface area contributed by atoms with Gasteiger partial charge in [0, 0.05) is 53.7 Å². The number of amides is 2. The van der Waals surface area contributed by atoms with Gasteiger partial charge in [-0.25, -0.2) is 4.39 Å². The van der Waals surface area contributed by atoms with E-state index in [2.05, 4.69) is 21.2 Å². The molecule has 2 aromatic carbocycles. The Balaban J connectivity index is 1.48. The van der Waals surface area contributed by atoms with Crippen molar-refractivity contribution in [2.45, 2.75) is 45.9 Å². The van der Waals surface area contributed by atoms with Crippen molar-refractivity contribution >= 4 is 27.7 Å². The summed E-state index contributed by atoms with van der Waals surface area (Å²) in [4.78, 5) is 30.2. The Kier molecular flexibility index (Phi) is 8.26. The Bertz CT molecular complexity index is 1180. The van der Waals surface area contributed by atoms with Crippen molar-refractivity contribution in [3.63, 3.8) is 0 Å². The van der Waals surface area contributed by atoms with Gasteiger partial charge in [-0.3, -0.25) is 14.5 Å². The Morgan fingerprint density at radius 1 is 1.11 bits per heavy atom. The normalized spacial score (nSPS) is 18.4. The number of nitrogens with zero attached hydrogens (tertiary/aromatic N) is 2. The summed E-state index contributed by atoms with van der Waals surface area (Å²) in [5.74, 6) is -0.0208. The van der Waals surface area contributed by atoms with Crippen LogP contribution >= 0.6 is 15.9 Å². The maximum absolute atomic E-state index is 14.5. The molecule has 0 spiro atoms. The summed E-state index contributed by atoms with van der Waals surface area (Å²) in [5, 5.41) is 3.01. The number of carbonyl (C=O) groups is 2. The van der Waals surface area contributed by atoms with Crippen LogP contribution in [-0.4, -0.2) is 46.8 Å². The molecule has 3 aromatic rings. The minimum absolute atomic E-state index is 0.0582. The standard InChI is InChI=1S/C28H31BrFN3O3/c1-18(2)28(35)33-19(3)15-32(16-22-23(29)6-4-7-24(22)30)17-25(33)27(34)31-14-20-9-11-21(12-10-20)26-8-5-13-36-26/h4-13,18-19,25H,14-17H2,1-3H3,(H,31,34). The molecular formula is C28H31BrFN3O3. The number of piperazine rings is 1. The Morgan fingerprint density at radius 3 is 2.50 bits per heavy atom. The van der Waals surface area contributed by atoms with E-state index < -0.39 is 6.04 Å². The van der Waals surface area contributed by atoms with Crippen molar-refractivity contribution in [1.82, 2.24) is 15.1 Å². The van der Waals surface area contributed by atoms with Crippen molar-refractivity contribution in [3.05, 3.63) is 82.3 Å². The fourth-order valence-corrected chi connectivity index (χ4v) is 5.09. The van der Waals surface area contributed by atoms with Crippen LogP contribution in [0.1, 0.15) is 31.9 Å². The first-order valence-corrected chi connectivity index (χ1v) is 12.9. The van der Waals surface area contributed by atoms with Crippen molar-refractivity contribution in [2.75, 3.05) is 13.1 Å². The molecule has 1 saturated heterocycles. The first-order chi connectivity index (χ1) is 17.2. The van der Waals surface area contributed by atoms with Crippen molar-refractivity contribution < 1.29 is 18.4 Å². The molecule has 1 aliphatic heterocycles. The molecule has 2 unspecified atom stereocenters. The molecule has 2 atom stereocenters. The maximum atomic E-state index is 14.5. The number of hydrogen-bond donors (Lipinski definition) is 1. The molecule has 1 aliphatic rings. The van der Waals surface area contributed by atoms with Gasteiger partial charge in [0.2, 0.25) is 11.8 Å². The van der Waals surface area contributed by atoms with E-state index in [1.54, 1.807) is 17.2 Å². The number of furan rings is 1. The van der Waals surface area contributed by atoms with Gasteiger partial charge in [0.05, 0.1) is 6.26 Å². The number of rotatable bonds is 7. The lowest BCUT2D eigenvalue weighted by atomic mass is 10.0. The molecule has 1 aromatic heterocycles. The third-order valence-electron chi connectivity index (χ3n) is 6.49. The molecule has 4 rings (SSSR count). The minimum atomic E-state index is -0.670. The highest BCUT2D eigenvalue weighted by Gasteiger charge is 2.40. The summed E-state index contributed by atoms with van der Waals surface area (Å²) in [6.45, 7) is 7.19. The van der Waals surface area contributed by atoms with Crippen LogP contribution in [0, 0.1) is 11.7 Å². The van der Waals surface area contributed by atoms with Gasteiger partial charge in [-0.05, 0) is 36.8 Å². The molecule has 8 heteroatoms. The van der Waals surface area contributed by atoms with Crippen LogP contribution in [-0.2, 0) is 22.7 Å². The molecule has 190 valence electrons. The highest BCUT2D eigenvalue weighted by atomic mass is 79.9. The number of carbonyl (C=O) groups excluding carboxylic acids is 2. The lowest BCUT2D eigenvalue weighted by Gasteiger charge is -2.45. The number of benzene rings is 2. The van der Waals surface area contributed by atoms with Crippen LogP contribution in [0.4, 0.5) is 4.39 Å². The van der Waals surface area contributed by atoms with Gasteiger partial charge in [-0.1, -0.05) is 60.1 Å². The molecule has 1 N–H and O–H groups in total. The fraction of sp³-hybridized carbons (Fsp3) is 0.357. The Morgan fingerprint density at radius 2 is 1.86 bits per heavy atom. The summed E-state index contributed by atoms with van der Waals surface area (Å²) in [6.07, 6.45) is 1.63. The van der Waals surface area contributed by atoms with Crippen LogP contribution in [0.5, 0.6) is 0 Å². The predicted octanol–water partition coefficient (Wildman–Crippen LogP) is 5.22. The largest absolute Gasteiger partial charge is 0.464 e. The molecule has 1 fully saturated rings. The SMILES string of the molecule is CC(C)C(=O)N1C(C)CN(Cc2c(F)cccc2Br)CC1C(=O)NCc1ccc(-c2ccco2)cc1. The zero-order valence-electron chi connectivity index (χ0n) is 20.7. The van der Waals surface area contributed by atoms with Crippen LogP contribution in [0.2, 0.25) is 0 Å². The third-order valence-corrected chi connectivity index (χ3v) is 7.23. The summed E-state index contributed by atoms with van der Waals surface area (Å²) in [6, 6.07) is 15.6. The first-order valence-electron chi connectivity index (χ1n) is 12.1. The molecule has 0 saturated carbocycles. The van der Waals surface area contributed by atoms with Crippen LogP contribution in [0.3, 0.4) is 0 Å². The van der Waals surface area contributed by atoms with Gasteiger partial charge >= 0.3 is 0 Å². The van der Waals surface area contributed by atoms with Crippen molar-refractivity contribution in [2.24, 2.45) is 5.92 Å². The van der Waals surface area contributed by atoms with Crippen molar-refractivity contribution in [3.8, 4) is 11.3 Å². The smallest absolute Gasteiger partial charge is 0.244 e. The van der Waals surface area contributed by atoms with Gasteiger partial charge in [0.1, 0.15) is 17.6 Å². The van der Waals surface area contributed by atoms with E-state index in [4.69, 9.17) is 4.42 Å². The lowest BCUT2D eigenvalue weighted by molar-refractivity contribution is -0.150. The number of halogens is 2. The van der Waals surface area contributed by atoms with E-state index in [1.807, 2.05) is 68.1 Å². The quantitative estimate of drug-likeness (QED) is 0.434. The lowest BCUT2D eigenvalue weighted by Crippen LogP contribution is -2.64. The molecule has 0 aliphatic carbocycles. The summed E-state index contributed by atoms with van der Waals surface area (Å²) < 4.78 is 20.6. The zero-order chi connectivity index (χ0) is 25.8. The van der Waals surface area contributed by atoms with E-state index in [0.29, 0.717) is 36.2 Å². The topological polar surface area (TPSA) is 65.8 Å². The molecule has 0 bridgehead atoms. The van der Waals surface area contributed by atoms with Gasteiger partial charge in [-0.15, -0.1) is 0 Å². The second kappa shape index (κ2) is 11.4. The van der Waals surface area contributed by atoms with E-state index in [9.17, 15) is 14.0 Å². The summed E-state index contributed by atoms with van der Waals surface area (Å²) >= 11 is 3.44. The zero-order valence-corrected chi connectivity index (χ0v) is 22.3. The monoisotopic (exact) mass is 555 g/mol. The van der Waals surface area contributed by atoms with Gasteiger partial charge in [0.25, 0.3) is 0 Å². The maximum Gasteiger partial charge on any atom is 0.244 e. The number of hydrogen-bond acceptors (Lipinski definition) is 4. The predicted molar refractivity (Wildman–Crippen MR) is 140 cm³/mol. The second-order valence-corrected chi connectivity index (χ2v) is 10.4.